The first-order valence-corrected chi connectivity index (χ1v) is 9.65. The molecule has 142 valence electrons. The Morgan fingerprint density at radius 2 is 1.86 bits per heavy atom. The number of hydrogen-bond acceptors (Lipinski definition) is 2. The van der Waals surface area contributed by atoms with E-state index in [1.165, 1.54) is 6.07 Å². The highest BCUT2D eigenvalue weighted by molar-refractivity contribution is 6.12. The van der Waals surface area contributed by atoms with Crippen molar-refractivity contribution in [3.8, 4) is 0 Å². The highest BCUT2D eigenvalue weighted by Crippen LogP contribution is 2.44. The minimum Gasteiger partial charge on any atom is -0.358 e. The number of carbonyl (C=O) groups is 1. The molecule has 0 saturated heterocycles. The molecular formula is C24H18FN3O. The highest BCUT2D eigenvalue weighted by Gasteiger charge is 2.38. The third-order valence-electron chi connectivity index (χ3n) is 6.27. The summed E-state index contributed by atoms with van der Waals surface area (Å²) < 4.78 is 14.5. The molecule has 1 amide bonds. The zero-order chi connectivity index (χ0) is 19.9. The van der Waals surface area contributed by atoms with Crippen molar-refractivity contribution in [1.82, 2.24) is 9.88 Å². The molecule has 29 heavy (non-hydrogen) atoms. The summed E-state index contributed by atoms with van der Waals surface area (Å²) in [5.41, 5.74) is 7.13. The van der Waals surface area contributed by atoms with Gasteiger partial charge >= 0.3 is 0 Å². The molecule has 6 rings (SSSR count). The van der Waals surface area contributed by atoms with Crippen molar-refractivity contribution in [1.29, 1.82) is 0 Å². The SMILES string of the molecule is Cc1c2c(c(C)c3c1[nH]c1ccccc13)C1Nc3c(F)cccc3C(=O)N1C=C2. The van der Waals surface area contributed by atoms with Crippen LogP contribution in [0.5, 0.6) is 0 Å². The molecule has 4 nitrogen and oxygen atoms in total. The van der Waals surface area contributed by atoms with Gasteiger partial charge in [-0.25, -0.2) is 4.39 Å². The number of para-hydroxylation sites is 2. The van der Waals surface area contributed by atoms with Crippen LogP contribution in [-0.2, 0) is 0 Å². The number of fused-ring (bicyclic) bond motifs is 7. The summed E-state index contributed by atoms with van der Waals surface area (Å²) in [6.45, 7) is 4.18. The van der Waals surface area contributed by atoms with Gasteiger partial charge in [0.2, 0.25) is 0 Å². The molecule has 2 N–H and O–H groups in total. The Morgan fingerprint density at radius 1 is 1.03 bits per heavy atom. The van der Waals surface area contributed by atoms with Crippen molar-refractivity contribution in [2.24, 2.45) is 0 Å². The number of H-pyrrole nitrogens is 1. The van der Waals surface area contributed by atoms with Crippen LogP contribution in [0.1, 0.15) is 38.8 Å². The van der Waals surface area contributed by atoms with Crippen LogP contribution in [0, 0.1) is 19.7 Å². The van der Waals surface area contributed by atoms with Crippen LogP contribution in [0.2, 0.25) is 0 Å². The Bertz CT molecular complexity index is 1400. The van der Waals surface area contributed by atoms with Gasteiger partial charge in [-0.15, -0.1) is 0 Å². The minimum atomic E-state index is -0.441. The van der Waals surface area contributed by atoms with Crippen molar-refractivity contribution in [3.63, 3.8) is 0 Å². The van der Waals surface area contributed by atoms with Gasteiger partial charge in [0.1, 0.15) is 12.0 Å². The van der Waals surface area contributed by atoms with Gasteiger partial charge < -0.3 is 10.3 Å². The second kappa shape index (κ2) is 5.47. The van der Waals surface area contributed by atoms with E-state index in [0.29, 0.717) is 5.56 Å². The summed E-state index contributed by atoms with van der Waals surface area (Å²) in [4.78, 5) is 18.3. The lowest BCUT2D eigenvalue weighted by molar-refractivity contribution is 0.0768. The lowest BCUT2D eigenvalue weighted by Gasteiger charge is -2.40. The molecule has 1 aromatic heterocycles. The average Bonchev–Trinajstić information content (AvgIpc) is 3.12. The molecular weight excluding hydrogens is 365 g/mol. The topological polar surface area (TPSA) is 48.1 Å². The highest BCUT2D eigenvalue weighted by atomic mass is 19.1. The van der Waals surface area contributed by atoms with Crippen molar-refractivity contribution < 1.29 is 9.18 Å². The number of rotatable bonds is 0. The van der Waals surface area contributed by atoms with E-state index in [9.17, 15) is 9.18 Å². The van der Waals surface area contributed by atoms with E-state index >= 15 is 0 Å². The van der Waals surface area contributed by atoms with Crippen LogP contribution in [0.4, 0.5) is 10.1 Å². The number of nitrogens with zero attached hydrogens (tertiary/aromatic N) is 1. The monoisotopic (exact) mass is 383 g/mol. The number of hydrogen-bond donors (Lipinski definition) is 2. The van der Waals surface area contributed by atoms with Crippen molar-refractivity contribution in [3.05, 3.63) is 82.3 Å². The van der Waals surface area contributed by atoms with Gasteiger partial charge in [-0.2, -0.15) is 0 Å². The van der Waals surface area contributed by atoms with E-state index in [1.54, 1.807) is 23.2 Å². The summed E-state index contributed by atoms with van der Waals surface area (Å²) in [6.07, 6.45) is 3.35. The molecule has 4 aromatic rings. The fourth-order valence-corrected chi connectivity index (χ4v) is 4.88. The zero-order valence-corrected chi connectivity index (χ0v) is 16.0. The summed E-state index contributed by atoms with van der Waals surface area (Å²) >= 11 is 0. The number of aromatic nitrogens is 1. The molecule has 2 aliphatic heterocycles. The number of halogens is 1. The van der Waals surface area contributed by atoms with E-state index in [4.69, 9.17) is 0 Å². The Hall–Kier alpha value is -3.60. The zero-order valence-electron chi connectivity index (χ0n) is 16.0. The molecule has 0 spiro atoms. The molecule has 0 aliphatic carbocycles. The second-order valence-corrected chi connectivity index (χ2v) is 7.74. The normalized spacial score (nSPS) is 17.3. The summed E-state index contributed by atoms with van der Waals surface area (Å²) in [5, 5.41) is 5.60. The van der Waals surface area contributed by atoms with Gasteiger partial charge in [0.25, 0.3) is 5.91 Å². The fourth-order valence-electron chi connectivity index (χ4n) is 4.88. The van der Waals surface area contributed by atoms with Gasteiger partial charge in [-0.3, -0.25) is 9.69 Å². The molecule has 0 radical (unpaired) electrons. The Kier molecular flexibility index (Phi) is 3.09. The number of carbonyl (C=O) groups excluding carboxylic acids is 1. The number of amides is 1. The van der Waals surface area contributed by atoms with Gasteiger partial charge in [0.15, 0.2) is 0 Å². The summed E-state index contributed by atoms with van der Waals surface area (Å²) in [6, 6.07) is 12.8. The van der Waals surface area contributed by atoms with E-state index in [1.807, 2.05) is 18.2 Å². The lowest BCUT2D eigenvalue weighted by Crippen LogP contribution is -2.42. The second-order valence-electron chi connectivity index (χ2n) is 7.74. The molecule has 1 unspecified atom stereocenters. The standard InChI is InChI=1S/C24H18FN3O/c1-12-14-10-11-28-23(27-22-16(24(28)29)7-5-8-17(22)25)20(14)13(2)19-15-6-3-4-9-18(15)26-21(12)19/h3-11,23,26-27H,1-2H3. The van der Waals surface area contributed by atoms with Crippen LogP contribution in [-0.4, -0.2) is 15.8 Å². The van der Waals surface area contributed by atoms with Crippen molar-refractivity contribution in [2.45, 2.75) is 20.0 Å². The number of nitrogens with one attached hydrogen (secondary N) is 2. The molecule has 0 fully saturated rings. The van der Waals surface area contributed by atoms with Crippen LogP contribution in [0.3, 0.4) is 0 Å². The molecule has 0 saturated carbocycles. The third kappa shape index (κ3) is 1.99. The number of aromatic amines is 1. The van der Waals surface area contributed by atoms with Crippen molar-refractivity contribution in [2.75, 3.05) is 5.32 Å². The van der Waals surface area contributed by atoms with E-state index in [-0.39, 0.29) is 11.6 Å². The van der Waals surface area contributed by atoms with Crippen LogP contribution in [0.25, 0.3) is 27.9 Å². The third-order valence-corrected chi connectivity index (χ3v) is 6.27. The largest absolute Gasteiger partial charge is 0.358 e. The van der Waals surface area contributed by atoms with E-state index in [0.717, 1.165) is 44.1 Å². The maximum absolute atomic E-state index is 14.5. The predicted molar refractivity (Wildman–Crippen MR) is 113 cm³/mol. The fraction of sp³-hybridized carbons (Fsp3) is 0.125. The van der Waals surface area contributed by atoms with Crippen LogP contribution in [0.15, 0.2) is 48.7 Å². The first-order valence-electron chi connectivity index (χ1n) is 9.65. The molecule has 3 aromatic carbocycles. The smallest absolute Gasteiger partial charge is 0.261 e. The van der Waals surface area contributed by atoms with E-state index < -0.39 is 12.0 Å². The Morgan fingerprint density at radius 3 is 2.72 bits per heavy atom. The molecule has 0 bridgehead atoms. The average molecular weight is 383 g/mol. The number of benzene rings is 3. The first kappa shape index (κ1) is 16.4. The van der Waals surface area contributed by atoms with Gasteiger partial charge in [0, 0.05) is 28.1 Å². The van der Waals surface area contributed by atoms with Crippen molar-refractivity contribution >= 4 is 39.5 Å². The molecule has 5 heteroatoms. The van der Waals surface area contributed by atoms with Gasteiger partial charge in [-0.1, -0.05) is 24.3 Å². The summed E-state index contributed by atoms with van der Waals surface area (Å²) in [5.74, 6) is -0.602. The predicted octanol–water partition coefficient (Wildman–Crippen LogP) is 5.63. The quantitative estimate of drug-likeness (QED) is 0.414. The lowest BCUT2D eigenvalue weighted by atomic mass is 9.87. The summed E-state index contributed by atoms with van der Waals surface area (Å²) in [7, 11) is 0. The Balaban J connectivity index is 1.68. The number of anilines is 1. The molecule has 1 atom stereocenters. The van der Waals surface area contributed by atoms with Crippen LogP contribution < -0.4 is 5.32 Å². The number of aryl methyl sites for hydroxylation is 2. The molecule has 2 aliphatic rings. The maximum Gasteiger partial charge on any atom is 0.261 e. The van der Waals surface area contributed by atoms with Gasteiger partial charge in [0.05, 0.1) is 16.8 Å². The Labute approximate surface area is 166 Å². The molecule has 3 heterocycles. The van der Waals surface area contributed by atoms with Gasteiger partial charge in [-0.05, 0) is 54.8 Å². The van der Waals surface area contributed by atoms with E-state index in [2.05, 4.69) is 36.3 Å². The first-order chi connectivity index (χ1) is 14.1. The minimum absolute atomic E-state index is 0.193. The maximum atomic E-state index is 14.5. The van der Waals surface area contributed by atoms with Crippen LogP contribution >= 0.6 is 0 Å².